The van der Waals surface area contributed by atoms with Gasteiger partial charge < -0.3 is 14.6 Å². The van der Waals surface area contributed by atoms with Gasteiger partial charge in [0.05, 0.1) is 26.1 Å². The monoisotopic (exact) mass is 403 g/mol. The molecule has 0 aliphatic carbocycles. The van der Waals surface area contributed by atoms with Crippen molar-refractivity contribution in [2.75, 3.05) is 7.11 Å². The highest BCUT2D eigenvalue weighted by atomic mass is 16.5. The number of benzene rings is 2. The normalized spacial score (nSPS) is 20.4. The van der Waals surface area contributed by atoms with Gasteiger partial charge in [0.2, 0.25) is 0 Å². The Morgan fingerprint density at radius 1 is 1.10 bits per heavy atom. The van der Waals surface area contributed by atoms with Gasteiger partial charge in [0.15, 0.2) is 0 Å². The maximum atomic E-state index is 13.3. The Morgan fingerprint density at radius 3 is 2.60 bits per heavy atom. The summed E-state index contributed by atoms with van der Waals surface area (Å²) in [4.78, 5) is 45.0. The topological polar surface area (TPSA) is 82.7 Å². The van der Waals surface area contributed by atoms with Gasteiger partial charge in [0, 0.05) is 23.0 Å². The van der Waals surface area contributed by atoms with Gasteiger partial charge >= 0.3 is 12.0 Å². The Labute approximate surface area is 173 Å². The van der Waals surface area contributed by atoms with E-state index in [1.165, 1.54) is 12.0 Å². The number of rotatable bonds is 4. The number of H-pyrrole nitrogens is 1. The van der Waals surface area contributed by atoms with Crippen LogP contribution in [0.25, 0.3) is 10.9 Å². The molecule has 2 atom stereocenters. The van der Waals surface area contributed by atoms with Gasteiger partial charge in [-0.15, -0.1) is 0 Å². The molecule has 7 heteroatoms. The first-order valence-corrected chi connectivity index (χ1v) is 9.92. The largest absolute Gasteiger partial charge is 0.469 e. The van der Waals surface area contributed by atoms with E-state index in [9.17, 15) is 14.4 Å². The second-order valence-corrected chi connectivity index (χ2v) is 7.68. The number of aromatic amines is 1. The summed E-state index contributed by atoms with van der Waals surface area (Å²) in [5.74, 6) is -0.651. The quantitative estimate of drug-likeness (QED) is 0.536. The molecule has 2 aliphatic rings. The Hall–Kier alpha value is -3.61. The lowest BCUT2D eigenvalue weighted by Gasteiger charge is -2.35. The number of imide groups is 1. The van der Waals surface area contributed by atoms with Crippen molar-refractivity contribution in [1.82, 2.24) is 14.8 Å². The molecule has 5 rings (SSSR count). The molecule has 0 saturated carbocycles. The fourth-order valence-electron chi connectivity index (χ4n) is 4.61. The fraction of sp³-hybridized carbons (Fsp3) is 0.261. The minimum absolute atomic E-state index is 0.00891. The zero-order valence-corrected chi connectivity index (χ0v) is 16.5. The molecule has 1 aromatic heterocycles. The summed E-state index contributed by atoms with van der Waals surface area (Å²) in [5.41, 5.74) is 3.61. The van der Waals surface area contributed by atoms with E-state index in [-0.39, 0.29) is 24.9 Å². The minimum atomic E-state index is -0.623. The molecule has 1 N–H and O–H groups in total. The summed E-state index contributed by atoms with van der Waals surface area (Å²) in [6.45, 7) is 0.213. The lowest BCUT2D eigenvalue weighted by molar-refractivity contribution is -0.142. The van der Waals surface area contributed by atoms with Gasteiger partial charge in [-0.1, -0.05) is 48.5 Å². The highest BCUT2D eigenvalue weighted by molar-refractivity contribution is 6.05. The van der Waals surface area contributed by atoms with Crippen molar-refractivity contribution in [3.05, 3.63) is 71.4 Å². The molecule has 0 spiro atoms. The van der Waals surface area contributed by atoms with Crippen LogP contribution < -0.4 is 0 Å². The van der Waals surface area contributed by atoms with Crippen molar-refractivity contribution in [1.29, 1.82) is 0 Å². The zero-order chi connectivity index (χ0) is 20.8. The molecule has 152 valence electrons. The number of aromatic nitrogens is 1. The summed E-state index contributed by atoms with van der Waals surface area (Å²) in [7, 11) is 1.33. The van der Waals surface area contributed by atoms with Crippen molar-refractivity contribution >= 4 is 28.8 Å². The van der Waals surface area contributed by atoms with E-state index >= 15 is 0 Å². The van der Waals surface area contributed by atoms with Gasteiger partial charge in [-0.05, 0) is 17.2 Å². The Morgan fingerprint density at radius 2 is 1.83 bits per heavy atom. The van der Waals surface area contributed by atoms with Gasteiger partial charge in [-0.3, -0.25) is 14.5 Å². The molecule has 2 aliphatic heterocycles. The van der Waals surface area contributed by atoms with Crippen molar-refractivity contribution in [3.63, 3.8) is 0 Å². The van der Waals surface area contributed by atoms with Crippen LogP contribution in [0.15, 0.2) is 54.6 Å². The van der Waals surface area contributed by atoms with E-state index < -0.39 is 18.1 Å². The van der Waals surface area contributed by atoms with E-state index in [4.69, 9.17) is 4.74 Å². The number of ether oxygens (including phenoxy) is 1. The first-order chi connectivity index (χ1) is 14.6. The standard InChI is InChI=1S/C23H21N3O4/c1-30-20(27)12-18-21-16(15-9-5-6-10-17(15)24-21)11-19-22(28)25(23(29)26(18)19)13-14-7-3-2-4-8-14/h2-10,18-19,24H,11-13H2,1H3/t18-,19-/m0/s1. The molecular formula is C23H21N3O4. The van der Waals surface area contributed by atoms with E-state index in [1.54, 1.807) is 4.90 Å². The number of urea groups is 1. The minimum Gasteiger partial charge on any atom is -0.469 e. The Balaban J connectivity index is 1.57. The SMILES string of the molecule is COC(=O)C[C@H]1c2[nH]c3ccccc3c2C[C@H]2C(=O)N(Cc3ccccc3)C(=O)N21. The maximum absolute atomic E-state index is 13.3. The highest BCUT2D eigenvalue weighted by Crippen LogP contribution is 2.42. The van der Waals surface area contributed by atoms with Gasteiger partial charge in [-0.2, -0.15) is 0 Å². The third kappa shape index (κ3) is 2.77. The number of nitrogens with one attached hydrogen (secondary N) is 1. The molecule has 7 nitrogen and oxygen atoms in total. The number of fused-ring (bicyclic) bond motifs is 4. The molecule has 0 unspecified atom stereocenters. The van der Waals surface area contributed by atoms with Gasteiger partial charge in [0.1, 0.15) is 6.04 Å². The summed E-state index contributed by atoms with van der Waals surface area (Å²) < 4.78 is 4.89. The third-order valence-corrected chi connectivity index (χ3v) is 6.02. The van der Waals surface area contributed by atoms with E-state index in [1.807, 2.05) is 54.6 Å². The summed E-state index contributed by atoms with van der Waals surface area (Å²) in [6.07, 6.45) is 0.415. The average molecular weight is 403 g/mol. The average Bonchev–Trinajstić information content (AvgIpc) is 3.25. The Bertz CT molecular complexity index is 1150. The summed E-state index contributed by atoms with van der Waals surface area (Å²) in [6, 6.07) is 15.7. The number of carbonyl (C=O) groups is 3. The summed E-state index contributed by atoms with van der Waals surface area (Å²) in [5, 5.41) is 1.02. The fourth-order valence-corrected chi connectivity index (χ4v) is 4.61. The Kier molecular flexibility index (Phi) is 4.31. The van der Waals surface area contributed by atoms with Crippen LogP contribution in [0.4, 0.5) is 4.79 Å². The van der Waals surface area contributed by atoms with Crippen molar-refractivity contribution in [3.8, 4) is 0 Å². The van der Waals surface area contributed by atoms with E-state index in [0.29, 0.717) is 6.42 Å². The van der Waals surface area contributed by atoms with Crippen LogP contribution in [0.5, 0.6) is 0 Å². The first kappa shape index (κ1) is 18.4. The number of para-hydroxylation sites is 1. The molecule has 1 saturated heterocycles. The number of nitrogens with zero attached hydrogens (tertiary/aromatic N) is 2. The predicted molar refractivity (Wildman–Crippen MR) is 109 cm³/mol. The lowest BCUT2D eigenvalue weighted by Crippen LogP contribution is -2.44. The van der Waals surface area contributed by atoms with Gasteiger partial charge in [0.25, 0.3) is 5.91 Å². The number of carbonyl (C=O) groups excluding carboxylic acids is 3. The molecule has 30 heavy (non-hydrogen) atoms. The predicted octanol–water partition coefficient (Wildman–Crippen LogP) is 3.16. The molecule has 0 bridgehead atoms. The number of esters is 1. The molecule has 1 fully saturated rings. The molecular weight excluding hydrogens is 382 g/mol. The van der Waals surface area contributed by atoms with E-state index in [0.717, 1.165) is 27.7 Å². The van der Waals surface area contributed by atoms with Crippen molar-refractivity contribution in [2.24, 2.45) is 0 Å². The van der Waals surface area contributed by atoms with Crippen LogP contribution in [0.3, 0.4) is 0 Å². The molecule has 3 heterocycles. The summed E-state index contributed by atoms with van der Waals surface area (Å²) >= 11 is 0. The van der Waals surface area contributed by atoms with Crippen LogP contribution in [0.2, 0.25) is 0 Å². The number of amides is 3. The molecule has 0 radical (unpaired) electrons. The van der Waals surface area contributed by atoms with Crippen LogP contribution in [-0.4, -0.2) is 45.8 Å². The lowest BCUT2D eigenvalue weighted by atomic mass is 9.91. The van der Waals surface area contributed by atoms with Crippen LogP contribution in [-0.2, 0) is 27.3 Å². The zero-order valence-electron chi connectivity index (χ0n) is 16.5. The number of hydrogen-bond acceptors (Lipinski definition) is 4. The highest BCUT2D eigenvalue weighted by Gasteiger charge is 2.52. The van der Waals surface area contributed by atoms with E-state index in [2.05, 4.69) is 4.98 Å². The first-order valence-electron chi connectivity index (χ1n) is 9.92. The van der Waals surface area contributed by atoms with Crippen molar-refractivity contribution in [2.45, 2.75) is 31.5 Å². The second kappa shape index (κ2) is 7.02. The third-order valence-electron chi connectivity index (χ3n) is 6.02. The molecule has 3 aromatic rings. The molecule has 3 amide bonds. The van der Waals surface area contributed by atoms with Crippen molar-refractivity contribution < 1.29 is 19.1 Å². The smallest absolute Gasteiger partial charge is 0.328 e. The molecule has 2 aromatic carbocycles. The number of methoxy groups -OCH3 is 1. The van der Waals surface area contributed by atoms with Gasteiger partial charge in [-0.25, -0.2) is 4.79 Å². The number of hydrogen-bond donors (Lipinski definition) is 1. The van der Waals surface area contributed by atoms with Crippen LogP contribution >= 0.6 is 0 Å². The maximum Gasteiger partial charge on any atom is 0.328 e. The van der Waals surface area contributed by atoms with Crippen LogP contribution in [0.1, 0.15) is 29.3 Å². The van der Waals surface area contributed by atoms with Crippen LogP contribution in [0, 0.1) is 0 Å². The second-order valence-electron chi connectivity index (χ2n) is 7.68.